The molecule has 0 fully saturated rings. The summed E-state index contributed by atoms with van der Waals surface area (Å²) in [6.07, 6.45) is 1.12. The summed E-state index contributed by atoms with van der Waals surface area (Å²) >= 11 is 3.80. The molecule has 1 aromatic carbocycles. The molecular formula is C16H21NS2. The van der Waals surface area contributed by atoms with E-state index in [2.05, 4.69) is 62.5 Å². The number of thioether (sulfide) groups is 1. The van der Waals surface area contributed by atoms with E-state index in [1.165, 1.54) is 20.3 Å². The molecule has 102 valence electrons. The Morgan fingerprint density at radius 2 is 1.95 bits per heavy atom. The molecule has 1 atom stereocenters. The third-order valence-electron chi connectivity index (χ3n) is 3.02. The number of anilines is 1. The highest BCUT2D eigenvalue weighted by Crippen LogP contribution is 2.31. The van der Waals surface area contributed by atoms with Crippen LogP contribution in [0.2, 0.25) is 0 Å². The zero-order valence-electron chi connectivity index (χ0n) is 11.8. The van der Waals surface area contributed by atoms with E-state index < -0.39 is 0 Å². The Morgan fingerprint density at radius 1 is 1.16 bits per heavy atom. The van der Waals surface area contributed by atoms with Gasteiger partial charge < -0.3 is 5.32 Å². The SMILES string of the molecule is CCSc1ccccc1NC(C)c1ccc(CC)s1. The van der Waals surface area contributed by atoms with Crippen LogP contribution in [-0.2, 0) is 6.42 Å². The van der Waals surface area contributed by atoms with Gasteiger partial charge >= 0.3 is 0 Å². The van der Waals surface area contributed by atoms with Gasteiger partial charge in [-0.2, -0.15) is 0 Å². The monoisotopic (exact) mass is 291 g/mol. The summed E-state index contributed by atoms with van der Waals surface area (Å²) in [7, 11) is 0. The third-order valence-corrected chi connectivity index (χ3v) is 5.38. The molecule has 0 saturated carbocycles. The van der Waals surface area contributed by atoms with Gasteiger partial charge in [-0.1, -0.05) is 26.0 Å². The topological polar surface area (TPSA) is 12.0 Å². The maximum atomic E-state index is 3.64. The normalized spacial score (nSPS) is 12.4. The van der Waals surface area contributed by atoms with Crippen molar-refractivity contribution >= 4 is 28.8 Å². The second-order valence-electron chi connectivity index (χ2n) is 4.45. The molecule has 0 spiro atoms. The average molecular weight is 291 g/mol. The van der Waals surface area contributed by atoms with Crippen LogP contribution in [0.15, 0.2) is 41.3 Å². The summed E-state index contributed by atoms with van der Waals surface area (Å²) in [6.45, 7) is 6.64. The number of thiophene rings is 1. The van der Waals surface area contributed by atoms with Crippen molar-refractivity contribution in [3.05, 3.63) is 46.2 Å². The van der Waals surface area contributed by atoms with Crippen molar-refractivity contribution in [2.45, 2.75) is 38.1 Å². The van der Waals surface area contributed by atoms with Crippen LogP contribution in [-0.4, -0.2) is 5.75 Å². The highest BCUT2D eigenvalue weighted by molar-refractivity contribution is 7.99. The second kappa shape index (κ2) is 7.01. The fourth-order valence-corrected chi connectivity index (χ4v) is 3.71. The van der Waals surface area contributed by atoms with E-state index in [1.807, 2.05) is 23.1 Å². The van der Waals surface area contributed by atoms with Gasteiger partial charge in [0.05, 0.1) is 6.04 Å². The molecule has 2 rings (SSSR count). The molecule has 1 aromatic heterocycles. The first kappa shape index (κ1) is 14.5. The largest absolute Gasteiger partial charge is 0.377 e. The van der Waals surface area contributed by atoms with Crippen LogP contribution < -0.4 is 5.32 Å². The Kier molecular flexibility index (Phi) is 5.34. The van der Waals surface area contributed by atoms with Gasteiger partial charge in [0, 0.05) is 20.3 Å². The second-order valence-corrected chi connectivity index (χ2v) is 6.96. The van der Waals surface area contributed by atoms with Crippen molar-refractivity contribution in [1.82, 2.24) is 0 Å². The van der Waals surface area contributed by atoms with Gasteiger partial charge in [-0.25, -0.2) is 0 Å². The molecule has 0 radical (unpaired) electrons. The molecule has 19 heavy (non-hydrogen) atoms. The first-order chi connectivity index (χ1) is 9.24. The third kappa shape index (κ3) is 3.77. The standard InChI is InChI=1S/C16H21NS2/c1-4-13-10-11-15(19-13)12(3)17-14-8-6-7-9-16(14)18-5-2/h6-12,17H,4-5H2,1-3H3. The minimum atomic E-state index is 0.365. The minimum Gasteiger partial charge on any atom is -0.377 e. The molecule has 1 heterocycles. The zero-order chi connectivity index (χ0) is 13.7. The van der Waals surface area contributed by atoms with Gasteiger partial charge in [0.25, 0.3) is 0 Å². The molecule has 0 aliphatic carbocycles. The lowest BCUT2D eigenvalue weighted by molar-refractivity contribution is 0.902. The molecule has 0 bridgehead atoms. The first-order valence-electron chi connectivity index (χ1n) is 6.81. The van der Waals surface area contributed by atoms with Crippen LogP contribution in [0, 0.1) is 0 Å². The summed E-state index contributed by atoms with van der Waals surface area (Å²) in [4.78, 5) is 4.21. The van der Waals surface area contributed by atoms with Gasteiger partial charge in [0.15, 0.2) is 0 Å². The fraction of sp³-hybridized carbons (Fsp3) is 0.375. The van der Waals surface area contributed by atoms with E-state index >= 15 is 0 Å². The zero-order valence-corrected chi connectivity index (χ0v) is 13.4. The average Bonchev–Trinajstić information content (AvgIpc) is 2.90. The van der Waals surface area contributed by atoms with Crippen molar-refractivity contribution in [1.29, 1.82) is 0 Å². The first-order valence-corrected chi connectivity index (χ1v) is 8.61. The van der Waals surface area contributed by atoms with E-state index in [9.17, 15) is 0 Å². The van der Waals surface area contributed by atoms with Gasteiger partial charge in [0.1, 0.15) is 0 Å². The van der Waals surface area contributed by atoms with Crippen LogP contribution in [0.1, 0.15) is 36.6 Å². The molecule has 0 aliphatic rings. The highest BCUT2D eigenvalue weighted by atomic mass is 32.2. The summed E-state index contributed by atoms with van der Waals surface area (Å²) in [5.74, 6) is 1.10. The minimum absolute atomic E-state index is 0.365. The van der Waals surface area contributed by atoms with E-state index in [0.717, 1.165) is 12.2 Å². The Hall–Kier alpha value is -0.930. The fourth-order valence-electron chi connectivity index (χ4n) is 1.99. The lowest BCUT2D eigenvalue weighted by atomic mass is 10.2. The molecule has 0 amide bonds. The molecular weight excluding hydrogens is 270 g/mol. The quantitative estimate of drug-likeness (QED) is 0.696. The van der Waals surface area contributed by atoms with E-state index in [1.54, 1.807) is 0 Å². The van der Waals surface area contributed by atoms with Crippen LogP contribution in [0.3, 0.4) is 0 Å². The Bertz CT molecular complexity index is 519. The van der Waals surface area contributed by atoms with Crippen molar-refractivity contribution in [3.8, 4) is 0 Å². The maximum Gasteiger partial charge on any atom is 0.0578 e. The van der Waals surface area contributed by atoms with Crippen LogP contribution in [0.5, 0.6) is 0 Å². The Balaban J connectivity index is 2.11. The smallest absolute Gasteiger partial charge is 0.0578 e. The molecule has 3 heteroatoms. The van der Waals surface area contributed by atoms with Crippen LogP contribution >= 0.6 is 23.1 Å². The number of para-hydroxylation sites is 1. The number of hydrogen-bond donors (Lipinski definition) is 1. The number of aryl methyl sites for hydroxylation is 1. The van der Waals surface area contributed by atoms with Gasteiger partial charge in [0.2, 0.25) is 0 Å². The Labute approximate surface area is 124 Å². The lowest BCUT2D eigenvalue weighted by Crippen LogP contribution is -2.05. The Morgan fingerprint density at radius 3 is 2.63 bits per heavy atom. The van der Waals surface area contributed by atoms with E-state index in [-0.39, 0.29) is 0 Å². The number of nitrogens with one attached hydrogen (secondary N) is 1. The summed E-state index contributed by atoms with van der Waals surface area (Å²) in [5.41, 5.74) is 1.24. The number of hydrogen-bond acceptors (Lipinski definition) is 3. The van der Waals surface area contributed by atoms with Crippen LogP contribution in [0.4, 0.5) is 5.69 Å². The lowest BCUT2D eigenvalue weighted by Gasteiger charge is -2.16. The highest BCUT2D eigenvalue weighted by Gasteiger charge is 2.10. The van der Waals surface area contributed by atoms with Crippen LogP contribution in [0.25, 0.3) is 0 Å². The molecule has 1 N–H and O–H groups in total. The molecule has 0 aliphatic heterocycles. The summed E-state index contributed by atoms with van der Waals surface area (Å²) in [6, 6.07) is 13.4. The van der Waals surface area contributed by atoms with Gasteiger partial charge in [-0.3, -0.25) is 0 Å². The number of benzene rings is 1. The van der Waals surface area contributed by atoms with Crippen molar-refractivity contribution < 1.29 is 0 Å². The predicted molar refractivity (Wildman–Crippen MR) is 88.6 cm³/mol. The summed E-state index contributed by atoms with van der Waals surface area (Å²) < 4.78 is 0. The van der Waals surface area contributed by atoms with E-state index in [4.69, 9.17) is 0 Å². The van der Waals surface area contributed by atoms with E-state index in [0.29, 0.717) is 6.04 Å². The number of rotatable bonds is 6. The molecule has 1 nitrogen and oxygen atoms in total. The van der Waals surface area contributed by atoms with Gasteiger partial charge in [-0.05, 0) is 43.4 Å². The predicted octanol–water partition coefficient (Wildman–Crippen LogP) is 5.60. The van der Waals surface area contributed by atoms with Gasteiger partial charge in [-0.15, -0.1) is 23.1 Å². The molecule has 1 unspecified atom stereocenters. The molecule has 2 aromatic rings. The maximum absolute atomic E-state index is 3.64. The molecule has 0 saturated heterocycles. The van der Waals surface area contributed by atoms with Crippen molar-refractivity contribution in [3.63, 3.8) is 0 Å². The van der Waals surface area contributed by atoms with Crippen molar-refractivity contribution in [2.24, 2.45) is 0 Å². The van der Waals surface area contributed by atoms with Crippen molar-refractivity contribution in [2.75, 3.05) is 11.1 Å². The summed E-state index contributed by atoms with van der Waals surface area (Å²) in [5, 5.41) is 3.64.